The Morgan fingerprint density at radius 2 is 2.00 bits per heavy atom. The summed E-state index contributed by atoms with van der Waals surface area (Å²) in [4.78, 5) is 38.5. The van der Waals surface area contributed by atoms with Crippen LogP contribution in [0.3, 0.4) is 0 Å². The molecule has 2 aliphatic rings. The van der Waals surface area contributed by atoms with Crippen LogP contribution in [0.25, 0.3) is 0 Å². The molecule has 2 heterocycles. The van der Waals surface area contributed by atoms with Gasteiger partial charge in [-0.1, -0.05) is 18.2 Å². The summed E-state index contributed by atoms with van der Waals surface area (Å²) < 4.78 is 5.12. The van der Waals surface area contributed by atoms with E-state index in [2.05, 4.69) is 5.32 Å². The molecule has 0 unspecified atom stereocenters. The third-order valence-corrected chi connectivity index (χ3v) is 4.92. The summed E-state index contributed by atoms with van der Waals surface area (Å²) in [6, 6.07) is 4.92. The minimum absolute atomic E-state index is 0.128. The molecule has 3 rings (SSSR count). The van der Waals surface area contributed by atoms with Gasteiger partial charge < -0.3 is 20.1 Å². The topological polar surface area (TPSA) is 95.9 Å². The van der Waals surface area contributed by atoms with E-state index in [-0.39, 0.29) is 17.9 Å². The fourth-order valence-electron chi connectivity index (χ4n) is 3.58. The molecule has 0 spiro atoms. The van der Waals surface area contributed by atoms with Crippen LogP contribution in [0.15, 0.2) is 36.4 Å². The highest BCUT2D eigenvalue weighted by Gasteiger charge is 2.43. The smallest absolute Gasteiger partial charge is 0.326 e. The van der Waals surface area contributed by atoms with Crippen molar-refractivity contribution in [2.24, 2.45) is 0 Å². The van der Waals surface area contributed by atoms with Crippen LogP contribution in [0.5, 0.6) is 5.75 Å². The number of amides is 2. The average Bonchev–Trinajstić information content (AvgIpc) is 3.06. The molecule has 2 amide bonds. The lowest BCUT2D eigenvalue weighted by Gasteiger charge is -2.32. The summed E-state index contributed by atoms with van der Waals surface area (Å²) in [6.45, 7) is 0. The van der Waals surface area contributed by atoms with Crippen LogP contribution in [0.2, 0.25) is 0 Å². The van der Waals surface area contributed by atoms with Gasteiger partial charge in [0, 0.05) is 11.6 Å². The van der Waals surface area contributed by atoms with E-state index in [4.69, 9.17) is 4.74 Å². The summed E-state index contributed by atoms with van der Waals surface area (Å²) in [5.74, 6) is -1.17. The number of hydrogen-bond acceptors (Lipinski definition) is 4. The van der Waals surface area contributed by atoms with Gasteiger partial charge in [-0.15, -0.1) is 0 Å². The number of carboxylic acids is 1. The zero-order valence-corrected chi connectivity index (χ0v) is 14.6. The Bertz CT molecular complexity index is 745. The Balaban J connectivity index is 1.80. The SMILES string of the molecule is COc1cccc(C(=O)N[C@@H]2C/C=C\C[C@H]3CC[C@@H](C(=O)O)N3C2=O)c1. The summed E-state index contributed by atoms with van der Waals surface area (Å²) >= 11 is 0. The maximum atomic E-state index is 13.0. The Kier molecular flexibility index (Phi) is 5.25. The molecule has 138 valence electrons. The zero-order chi connectivity index (χ0) is 18.7. The molecule has 1 fully saturated rings. The van der Waals surface area contributed by atoms with Gasteiger partial charge in [0.2, 0.25) is 5.91 Å². The van der Waals surface area contributed by atoms with Crippen molar-refractivity contribution in [3.05, 3.63) is 42.0 Å². The predicted molar refractivity (Wildman–Crippen MR) is 93.9 cm³/mol. The molecule has 7 nitrogen and oxygen atoms in total. The summed E-state index contributed by atoms with van der Waals surface area (Å²) in [5, 5.41) is 12.2. The molecule has 0 bridgehead atoms. The summed E-state index contributed by atoms with van der Waals surface area (Å²) in [5.41, 5.74) is 0.385. The van der Waals surface area contributed by atoms with E-state index in [9.17, 15) is 19.5 Å². The van der Waals surface area contributed by atoms with Gasteiger partial charge in [0.25, 0.3) is 5.91 Å². The molecule has 26 heavy (non-hydrogen) atoms. The van der Waals surface area contributed by atoms with E-state index in [1.165, 1.54) is 12.0 Å². The third-order valence-electron chi connectivity index (χ3n) is 4.92. The average molecular weight is 358 g/mol. The first kappa shape index (κ1) is 18.0. The predicted octanol–water partition coefficient (Wildman–Crippen LogP) is 1.59. The van der Waals surface area contributed by atoms with Crippen LogP contribution in [0.1, 0.15) is 36.0 Å². The van der Waals surface area contributed by atoms with Gasteiger partial charge in [-0.05, 0) is 43.9 Å². The van der Waals surface area contributed by atoms with E-state index in [1.807, 2.05) is 12.2 Å². The second-order valence-electron chi connectivity index (χ2n) is 6.53. The number of nitrogens with zero attached hydrogens (tertiary/aromatic N) is 1. The molecule has 0 saturated carbocycles. The second-order valence-corrected chi connectivity index (χ2v) is 6.53. The molecule has 0 aromatic heterocycles. The van der Waals surface area contributed by atoms with Gasteiger partial charge in [-0.25, -0.2) is 4.79 Å². The minimum atomic E-state index is -0.997. The lowest BCUT2D eigenvalue weighted by molar-refractivity contribution is -0.150. The number of aliphatic carboxylic acids is 1. The van der Waals surface area contributed by atoms with Gasteiger partial charge >= 0.3 is 5.97 Å². The number of fused-ring (bicyclic) bond motifs is 1. The lowest BCUT2D eigenvalue weighted by atomic mass is 10.0. The van der Waals surface area contributed by atoms with Gasteiger partial charge in [-0.3, -0.25) is 9.59 Å². The van der Waals surface area contributed by atoms with Crippen LogP contribution in [0, 0.1) is 0 Å². The first-order chi connectivity index (χ1) is 12.5. The third kappa shape index (κ3) is 3.56. The van der Waals surface area contributed by atoms with Gasteiger partial charge in [0.1, 0.15) is 17.8 Å². The largest absolute Gasteiger partial charge is 0.497 e. The highest BCUT2D eigenvalue weighted by Crippen LogP contribution is 2.29. The molecule has 1 aromatic carbocycles. The number of ether oxygens (including phenoxy) is 1. The van der Waals surface area contributed by atoms with Gasteiger partial charge in [0.05, 0.1) is 7.11 Å². The van der Waals surface area contributed by atoms with E-state index < -0.39 is 18.1 Å². The number of hydrogen-bond donors (Lipinski definition) is 2. The first-order valence-electron chi connectivity index (χ1n) is 8.66. The number of carbonyl (C=O) groups is 3. The van der Waals surface area contributed by atoms with Crippen molar-refractivity contribution in [3.63, 3.8) is 0 Å². The molecule has 0 radical (unpaired) electrons. The van der Waals surface area contributed by atoms with Crippen LogP contribution >= 0.6 is 0 Å². The molecule has 2 N–H and O–H groups in total. The lowest BCUT2D eigenvalue weighted by Crippen LogP contribution is -2.54. The minimum Gasteiger partial charge on any atom is -0.497 e. The molecule has 3 atom stereocenters. The fourth-order valence-corrected chi connectivity index (χ4v) is 3.58. The maximum absolute atomic E-state index is 13.0. The van der Waals surface area contributed by atoms with E-state index in [0.717, 1.165) is 0 Å². The van der Waals surface area contributed by atoms with Crippen LogP contribution in [0.4, 0.5) is 0 Å². The van der Waals surface area contributed by atoms with Crippen LogP contribution < -0.4 is 10.1 Å². The number of carboxylic acid groups (broad SMARTS) is 1. The molecule has 7 heteroatoms. The first-order valence-corrected chi connectivity index (χ1v) is 8.66. The monoisotopic (exact) mass is 358 g/mol. The Labute approximate surface area is 151 Å². The Hall–Kier alpha value is -2.83. The normalized spacial score (nSPS) is 26.4. The van der Waals surface area contributed by atoms with E-state index in [1.54, 1.807) is 24.3 Å². The highest BCUT2D eigenvalue weighted by molar-refractivity contribution is 5.98. The Morgan fingerprint density at radius 1 is 1.23 bits per heavy atom. The number of carbonyl (C=O) groups excluding carboxylic acids is 2. The van der Waals surface area contributed by atoms with Crippen LogP contribution in [-0.4, -0.2) is 53.0 Å². The van der Waals surface area contributed by atoms with Crippen molar-refractivity contribution < 1.29 is 24.2 Å². The molecule has 0 aliphatic carbocycles. The fraction of sp³-hybridized carbons (Fsp3) is 0.421. The van der Waals surface area contributed by atoms with Crippen LogP contribution in [-0.2, 0) is 9.59 Å². The number of benzene rings is 1. The number of rotatable bonds is 4. The molecular weight excluding hydrogens is 336 g/mol. The van der Waals surface area contributed by atoms with Gasteiger partial charge in [0.15, 0.2) is 0 Å². The molecular formula is C19H22N2O5. The van der Waals surface area contributed by atoms with E-state index >= 15 is 0 Å². The van der Waals surface area contributed by atoms with Crippen molar-refractivity contribution in [1.82, 2.24) is 10.2 Å². The zero-order valence-electron chi connectivity index (χ0n) is 14.6. The second kappa shape index (κ2) is 7.59. The number of methoxy groups -OCH3 is 1. The number of nitrogens with one attached hydrogen (secondary N) is 1. The van der Waals surface area contributed by atoms with Crippen molar-refractivity contribution in [2.45, 2.75) is 43.8 Å². The van der Waals surface area contributed by atoms with Gasteiger partial charge in [-0.2, -0.15) is 0 Å². The quantitative estimate of drug-likeness (QED) is 0.797. The maximum Gasteiger partial charge on any atom is 0.326 e. The summed E-state index contributed by atoms with van der Waals surface area (Å²) in [6.07, 6.45) is 5.91. The highest BCUT2D eigenvalue weighted by atomic mass is 16.5. The molecule has 1 saturated heterocycles. The molecule has 2 aliphatic heterocycles. The summed E-state index contributed by atoms with van der Waals surface area (Å²) in [7, 11) is 1.51. The van der Waals surface area contributed by atoms with E-state index in [0.29, 0.717) is 37.0 Å². The van der Waals surface area contributed by atoms with Crippen molar-refractivity contribution in [2.75, 3.05) is 7.11 Å². The van der Waals surface area contributed by atoms with Crippen molar-refractivity contribution in [1.29, 1.82) is 0 Å². The standard InChI is InChI=1S/C19H22N2O5/c1-26-14-7-4-5-12(11-14)17(22)20-15-8-3-2-6-13-9-10-16(19(24)25)21(13)18(15)23/h2-5,7,11,13,15-16H,6,8-10H2,1H3,(H,20,22)(H,24,25)/b3-2-/t13-,15+,16-/m0/s1. The van der Waals surface area contributed by atoms with Crippen molar-refractivity contribution >= 4 is 17.8 Å². The molecule has 1 aromatic rings. The Morgan fingerprint density at radius 3 is 2.73 bits per heavy atom. The van der Waals surface area contributed by atoms with Crippen molar-refractivity contribution in [3.8, 4) is 5.75 Å².